The van der Waals surface area contributed by atoms with Crippen LogP contribution in [0.1, 0.15) is 19.8 Å². The number of hydrogen-bond donors (Lipinski definition) is 2. The van der Waals surface area contributed by atoms with Gasteiger partial charge in [0.25, 0.3) is 0 Å². The summed E-state index contributed by atoms with van der Waals surface area (Å²) in [5, 5.41) is 5.15. The standard InChI is InChI=1S/C14H18ClN3/c1-2-4-10(9-16)18-13-7-6-12(15)11-5-3-8-17-14(11)13/h3,5-8,10,18H,2,4,9,16H2,1H3. The van der Waals surface area contributed by atoms with Gasteiger partial charge in [0.1, 0.15) is 0 Å². The molecule has 1 heterocycles. The van der Waals surface area contributed by atoms with Gasteiger partial charge in [-0.25, -0.2) is 0 Å². The fourth-order valence-corrected chi connectivity index (χ4v) is 2.29. The summed E-state index contributed by atoms with van der Waals surface area (Å²) in [5.74, 6) is 0. The summed E-state index contributed by atoms with van der Waals surface area (Å²) in [6, 6.07) is 8.02. The Labute approximate surface area is 112 Å². The highest BCUT2D eigenvalue weighted by atomic mass is 35.5. The van der Waals surface area contributed by atoms with E-state index >= 15 is 0 Å². The molecule has 3 nitrogen and oxygen atoms in total. The van der Waals surface area contributed by atoms with E-state index in [9.17, 15) is 0 Å². The van der Waals surface area contributed by atoms with Crippen molar-refractivity contribution >= 4 is 28.2 Å². The summed E-state index contributed by atoms with van der Waals surface area (Å²) in [4.78, 5) is 4.40. The molecule has 2 aromatic rings. The molecule has 0 saturated carbocycles. The zero-order valence-electron chi connectivity index (χ0n) is 10.5. The summed E-state index contributed by atoms with van der Waals surface area (Å²) in [6.45, 7) is 2.77. The van der Waals surface area contributed by atoms with Crippen LogP contribution in [0.4, 0.5) is 5.69 Å². The molecular weight excluding hydrogens is 246 g/mol. The third kappa shape index (κ3) is 2.74. The van der Waals surface area contributed by atoms with Crippen molar-refractivity contribution in [3.8, 4) is 0 Å². The number of nitrogens with zero attached hydrogens (tertiary/aromatic N) is 1. The minimum atomic E-state index is 0.279. The fraction of sp³-hybridized carbons (Fsp3) is 0.357. The van der Waals surface area contributed by atoms with Gasteiger partial charge in [0.2, 0.25) is 0 Å². The van der Waals surface area contributed by atoms with Gasteiger partial charge in [0.15, 0.2) is 0 Å². The number of halogens is 1. The zero-order chi connectivity index (χ0) is 13.0. The van der Waals surface area contributed by atoms with Gasteiger partial charge in [-0.2, -0.15) is 0 Å². The van der Waals surface area contributed by atoms with Crippen LogP contribution in [-0.4, -0.2) is 17.6 Å². The van der Waals surface area contributed by atoms with Crippen LogP contribution in [-0.2, 0) is 0 Å². The van der Waals surface area contributed by atoms with E-state index in [0.29, 0.717) is 6.54 Å². The van der Waals surface area contributed by atoms with E-state index in [4.69, 9.17) is 17.3 Å². The molecule has 18 heavy (non-hydrogen) atoms. The van der Waals surface area contributed by atoms with Gasteiger partial charge in [-0.1, -0.05) is 24.9 Å². The molecule has 0 saturated heterocycles. The average molecular weight is 264 g/mol. The fourth-order valence-electron chi connectivity index (χ4n) is 2.07. The van der Waals surface area contributed by atoms with Crippen LogP contribution >= 0.6 is 11.6 Å². The zero-order valence-corrected chi connectivity index (χ0v) is 11.2. The number of aromatic nitrogens is 1. The number of rotatable bonds is 5. The Morgan fingerprint density at radius 2 is 2.22 bits per heavy atom. The van der Waals surface area contributed by atoms with Crippen molar-refractivity contribution in [3.05, 3.63) is 35.5 Å². The third-order valence-corrected chi connectivity index (χ3v) is 3.33. The van der Waals surface area contributed by atoms with Crippen LogP contribution in [0.2, 0.25) is 5.02 Å². The largest absolute Gasteiger partial charge is 0.379 e. The maximum absolute atomic E-state index is 6.17. The lowest BCUT2D eigenvalue weighted by Gasteiger charge is -2.18. The molecule has 3 N–H and O–H groups in total. The summed E-state index contributed by atoms with van der Waals surface area (Å²) in [5.41, 5.74) is 7.67. The summed E-state index contributed by atoms with van der Waals surface area (Å²) < 4.78 is 0. The Balaban J connectivity index is 2.36. The third-order valence-electron chi connectivity index (χ3n) is 3.00. The van der Waals surface area contributed by atoms with Gasteiger partial charge in [0, 0.05) is 24.2 Å². The van der Waals surface area contributed by atoms with Crippen LogP contribution in [0.25, 0.3) is 10.9 Å². The Hall–Kier alpha value is -1.32. The molecule has 1 aromatic heterocycles. The lowest BCUT2D eigenvalue weighted by atomic mass is 10.1. The van der Waals surface area contributed by atoms with Crippen molar-refractivity contribution in [2.45, 2.75) is 25.8 Å². The van der Waals surface area contributed by atoms with E-state index in [-0.39, 0.29) is 6.04 Å². The van der Waals surface area contributed by atoms with E-state index in [1.165, 1.54) is 0 Å². The molecule has 0 spiro atoms. The molecule has 1 atom stereocenters. The van der Waals surface area contributed by atoms with Gasteiger partial charge in [0.05, 0.1) is 16.2 Å². The van der Waals surface area contributed by atoms with Gasteiger partial charge in [-0.3, -0.25) is 4.98 Å². The smallest absolute Gasteiger partial charge is 0.0948 e. The summed E-state index contributed by atoms with van der Waals surface area (Å²) in [6.07, 6.45) is 3.93. The number of nitrogens with one attached hydrogen (secondary N) is 1. The number of benzene rings is 1. The van der Waals surface area contributed by atoms with Crippen LogP contribution in [0.5, 0.6) is 0 Å². The molecule has 2 rings (SSSR count). The molecule has 4 heteroatoms. The first-order valence-electron chi connectivity index (χ1n) is 6.26. The molecule has 0 aliphatic heterocycles. The molecule has 0 bridgehead atoms. The van der Waals surface area contributed by atoms with E-state index in [1.54, 1.807) is 6.20 Å². The van der Waals surface area contributed by atoms with Crippen LogP contribution in [0, 0.1) is 0 Å². The quantitative estimate of drug-likeness (QED) is 0.869. The lowest BCUT2D eigenvalue weighted by Crippen LogP contribution is -2.28. The van der Waals surface area contributed by atoms with Crippen molar-refractivity contribution in [1.29, 1.82) is 0 Å². The molecule has 1 aromatic carbocycles. The highest BCUT2D eigenvalue weighted by Crippen LogP contribution is 2.28. The predicted molar refractivity (Wildman–Crippen MR) is 78.1 cm³/mol. The Bertz CT molecular complexity index is 527. The maximum Gasteiger partial charge on any atom is 0.0948 e. The highest BCUT2D eigenvalue weighted by molar-refractivity contribution is 6.35. The predicted octanol–water partition coefficient (Wildman–Crippen LogP) is 3.43. The molecule has 0 aliphatic carbocycles. The number of fused-ring (bicyclic) bond motifs is 1. The molecule has 0 aliphatic rings. The second-order valence-corrected chi connectivity index (χ2v) is 4.77. The number of hydrogen-bond acceptors (Lipinski definition) is 3. The molecular formula is C14H18ClN3. The molecule has 0 radical (unpaired) electrons. The molecule has 0 amide bonds. The van der Waals surface area contributed by atoms with Gasteiger partial charge >= 0.3 is 0 Å². The number of nitrogens with two attached hydrogens (primary N) is 1. The Morgan fingerprint density at radius 3 is 2.94 bits per heavy atom. The maximum atomic E-state index is 6.17. The van der Waals surface area contributed by atoms with Crippen molar-refractivity contribution in [2.75, 3.05) is 11.9 Å². The van der Waals surface area contributed by atoms with Gasteiger partial charge in [-0.15, -0.1) is 0 Å². The SMILES string of the molecule is CCCC(CN)Nc1ccc(Cl)c2cccnc12. The first-order valence-corrected chi connectivity index (χ1v) is 6.64. The first kappa shape index (κ1) is 13.1. The van der Waals surface area contributed by atoms with Crippen LogP contribution < -0.4 is 11.1 Å². The normalized spacial score (nSPS) is 12.6. The number of pyridine rings is 1. The molecule has 1 unspecified atom stereocenters. The number of anilines is 1. The van der Waals surface area contributed by atoms with Crippen molar-refractivity contribution in [2.24, 2.45) is 5.73 Å². The minimum Gasteiger partial charge on any atom is -0.379 e. The second kappa shape index (κ2) is 6.03. The highest BCUT2D eigenvalue weighted by Gasteiger charge is 2.09. The van der Waals surface area contributed by atoms with Crippen molar-refractivity contribution in [3.63, 3.8) is 0 Å². The Morgan fingerprint density at radius 1 is 1.39 bits per heavy atom. The monoisotopic (exact) mass is 263 g/mol. The van der Waals surface area contributed by atoms with Gasteiger partial charge in [-0.05, 0) is 30.7 Å². The molecule has 96 valence electrons. The average Bonchev–Trinajstić information content (AvgIpc) is 2.41. The van der Waals surface area contributed by atoms with E-state index in [1.807, 2.05) is 24.3 Å². The van der Waals surface area contributed by atoms with E-state index < -0.39 is 0 Å². The van der Waals surface area contributed by atoms with Crippen LogP contribution in [0.3, 0.4) is 0 Å². The van der Waals surface area contributed by atoms with Crippen molar-refractivity contribution < 1.29 is 0 Å². The minimum absolute atomic E-state index is 0.279. The lowest BCUT2D eigenvalue weighted by molar-refractivity contribution is 0.649. The Kier molecular flexibility index (Phi) is 4.39. The van der Waals surface area contributed by atoms with E-state index in [2.05, 4.69) is 17.2 Å². The van der Waals surface area contributed by atoms with Gasteiger partial charge < -0.3 is 11.1 Å². The molecule has 0 fully saturated rings. The summed E-state index contributed by atoms with van der Waals surface area (Å²) in [7, 11) is 0. The second-order valence-electron chi connectivity index (χ2n) is 4.36. The topological polar surface area (TPSA) is 50.9 Å². The van der Waals surface area contributed by atoms with Crippen molar-refractivity contribution in [1.82, 2.24) is 4.98 Å². The summed E-state index contributed by atoms with van der Waals surface area (Å²) >= 11 is 6.17. The first-order chi connectivity index (χ1) is 8.76. The van der Waals surface area contributed by atoms with E-state index in [0.717, 1.165) is 34.5 Å². The van der Waals surface area contributed by atoms with Crippen LogP contribution in [0.15, 0.2) is 30.5 Å².